The van der Waals surface area contributed by atoms with Gasteiger partial charge in [0.1, 0.15) is 12.6 Å². The SMILES string of the molecule is O=C(ON1C(=O)C2C(C1=O)[C@H]1C=C[C@@H]2C1)[C@@H]1CC[C@@H]2CN1C(=O)N2OCc1ccccc1. The molecule has 2 unspecified atom stereocenters. The minimum Gasteiger partial charge on any atom is -0.328 e. The van der Waals surface area contributed by atoms with E-state index in [1.165, 1.54) is 9.96 Å². The number of hydrogen-bond donors (Lipinski definition) is 0. The molecule has 4 fully saturated rings. The van der Waals surface area contributed by atoms with Crippen molar-refractivity contribution in [3.05, 3.63) is 48.0 Å². The number of piperidine rings is 1. The lowest BCUT2D eigenvalue weighted by Crippen LogP contribution is -2.48. The Kier molecular flexibility index (Phi) is 4.36. The van der Waals surface area contributed by atoms with Crippen molar-refractivity contribution >= 4 is 23.8 Å². The van der Waals surface area contributed by atoms with Crippen LogP contribution in [0.4, 0.5) is 4.79 Å². The largest absolute Gasteiger partial charge is 0.355 e. The molecule has 2 aliphatic carbocycles. The molecule has 3 heterocycles. The maximum atomic E-state index is 12.9. The number of allylic oxidation sites excluding steroid dienone is 2. The maximum Gasteiger partial charge on any atom is 0.355 e. The Morgan fingerprint density at radius 1 is 0.969 bits per heavy atom. The first-order chi connectivity index (χ1) is 15.5. The molecule has 1 saturated carbocycles. The van der Waals surface area contributed by atoms with Gasteiger partial charge in [0.2, 0.25) is 0 Å². The van der Waals surface area contributed by atoms with Crippen LogP contribution in [-0.4, -0.2) is 57.5 Å². The molecule has 1 aromatic carbocycles. The minimum absolute atomic E-state index is 0.0380. The second kappa shape index (κ2) is 7.16. The van der Waals surface area contributed by atoms with Crippen LogP contribution in [0, 0.1) is 23.7 Å². The number of nitrogens with zero attached hydrogens (tertiary/aromatic N) is 3. The summed E-state index contributed by atoms with van der Waals surface area (Å²) in [5.74, 6) is -2.43. The summed E-state index contributed by atoms with van der Waals surface area (Å²) in [5, 5.41) is 1.99. The van der Waals surface area contributed by atoms with Gasteiger partial charge in [-0.05, 0) is 36.7 Å². The fourth-order valence-corrected chi connectivity index (χ4v) is 5.88. The molecular weight excluding hydrogens is 414 g/mol. The average molecular weight is 437 g/mol. The van der Waals surface area contributed by atoms with Crippen LogP contribution in [0.1, 0.15) is 24.8 Å². The van der Waals surface area contributed by atoms with Crippen LogP contribution in [0.25, 0.3) is 0 Å². The molecule has 4 bridgehead atoms. The average Bonchev–Trinajstić information content (AvgIpc) is 3.54. The third-order valence-corrected chi connectivity index (χ3v) is 7.42. The fourth-order valence-electron chi connectivity index (χ4n) is 5.88. The molecular formula is C23H23N3O6. The van der Waals surface area contributed by atoms with Crippen molar-refractivity contribution < 1.29 is 28.9 Å². The van der Waals surface area contributed by atoms with Gasteiger partial charge in [-0.3, -0.25) is 14.4 Å². The summed E-state index contributed by atoms with van der Waals surface area (Å²) in [6.45, 7) is 0.594. The Balaban J connectivity index is 1.11. The highest BCUT2D eigenvalue weighted by Crippen LogP contribution is 2.52. The molecule has 4 amide bonds. The van der Waals surface area contributed by atoms with E-state index < -0.39 is 41.7 Å². The Labute approximate surface area is 184 Å². The lowest BCUT2D eigenvalue weighted by atomic mass is 9.85. The molecule has 1 aromatic rings. The summed E-state index contributed by atoms with van der Waals surface area (Å²) in [7, 11) is 0. The van der Waals surface area contributed by atoms with Gasteiger partial charge in [-0.15, -0.1) is 5.06 Å². The normalized spacial score (nSPS) is 34.6. The third kappa shape index (κ3) is 2.80. The van der Waals surface area contributed by atoms with Gasteiger partial charge in [0.15, 0.2) is 0 Å². The first-order valence-corrected chi connectivity index (χ1v) is 11.1. The van der Waals surface area contributed by atoms with E-state index in [-0.39, 0.29) is 24.5 Å². The summed E-state index contributed by atoms with van der Waals surface area (Å²) in [6, 6.07) is 8.13. The molecule has 6 atom stereocenters. The van der Waals surface area contributed by atoms with Crippen LogP contribution in [0.3, 0.4) is 0 Å². The molecule has 5 aliphatic rings. The summed E-state index contributed by atoms with van der Waals surface area (Å²) >= 11 is 0. The number of benzene rings is 1. The predicted molar refractivity (Wildman–Crippen MR) is 108 cm³/mol. The number of urea groups is 1. The van der Waals surface area contributed by atoms with Gasteiger partial charge in [-0.25, -0.2) is 9.59 Å². The van der Waals surface area contributed by atoms with Gasteiger partial charge >= 0.3 is 12.0 Å². The second-order valence-corrected chi connectivity index (χ2v) is 9.15. The number of rotatable bonds is 5. The number of hydrogen-bond acceptors (Lipinski definition) is 6. The fraction of sp³-hybridized carbons (Fsp3) is 0.478. The Morgan fingerprint density at radius 3 is 2.34 bits per heavy atom. The number of carbonyl (C=O) groups is 4. The van der Waals surface area contributed by atoms with Gasteiger partial charge in [0, 0.05) is 6.54 Å². The van der Waals surface area contributed by atoms with Crippen molar-refractivity contribution in [2.45, 2.75) is 38.0 Å². The van der Waals surface area contributed by atoms with E-state index in [1.807, 2.05) is 42.5 Å². The molecule has 6 rings (SSSR count). The smallest absolute Gasteiger partial charge is 0.328 e. The van der Waals surface area contributed by atoms with E-state index in [9.17, 15) is 19.2 Å². The number of amides is 4. The molecule has 9 nitrogen and oxygen atoms in total. The quantitative estimate of drug-likeness (QED) is 0.513. The van der Waals surface area contributed by atoms with Crippen molar-refractivity contribution in [1.82, 2.24) is 15.0 Å². The van der Waals surface area contributed by atoms with Gasteiger partial charge in [0.05, 0.1) is 17.9 Å². The van der Waals surface area contributed by atoms with Crippen LogP contribution in [0.15, 0.2) is 42.5 Å². The highest BCUT2D eigenvalue weighted by Gasteiger charge is 2.61. The molecule has 166 valence electrons. The van der Waals surface area contributed by atoms with Crippen molar-refractivity contribution in [2.24, 2.45) is 23.7 Å². The van der Waals surface area contributed by atoms with E-state index in [2.05, 4.69) is 0 Å². The maximum absolute atomic E-state index is 12.9. The summed E-state index contributed by atoms with van der Waals surface area (Å²) < 4.78 is 0. The van der Waals surface area contributed by atoms with Crippen molar-refractivity contribution in [1.29, 1.82) is 0 Å². The van der Waals surface area contributed by atoms with Crippen LogP contribution < -0.4 is 0 Å². The summed E-state index contributed by atoms with van der Waals surface area (Å²) in [4.78, 5) is 63.9. The number of imide groups is 1. The van der Waals surface area contributed by atoms with Gasteiger partial charge in [-0.2, -0.15) is 5.06 Å². The molecule has 32 heavy (non-hydrogen) atoms. The molecule has 0 N–H and O–H groups in total. The van der Waals surface area contributed by atoms with Crippen LogP contribution >= 0.6 is 0 Å². The third-order valence-electron chi connectivity index (χ3n) is 7.42. The van der Waals surface area contributed by atoms with Gasteiger partial charge < -0.3 is 9.74 Å². The zero-order valence-corrected chi connectivity index (χ0v) is 17.3. The first-order valence-electron chi connectivity index (χ1n) is 11.1. The second-order valence-electron chi connectivity index (χ2n) is 9.15. The molecule has 3 saturated heterocycles. The van der Waals surface area contributed by atoms with Gasteiger partial charge in [0.25, 0.3) is 11.8 Å². The molecule has 9 heteroatoms. The number of carbonyl (C=O) groups excluding carboxylic acids is 4. The Morgan fingerprint density at radius 2 is 1.66 bits per heavy atom. The lowest BCUT2D eigenvalue weighted by Gasteiger charge is -2.29. The summed E-state index contributed by atoms with van der Waals surface area (Å²) in [5.41, 5.74) is 0.938. The van der Waals surface area contributed by atoms with Crippen LogP contribution in [0.5, 0.6) is 0 Å². The zero-order valence-electron chi connectivity index (χ0n) is 17.3. The van der Waals surface area contributed by atoms with E-state index in [4.69, 9.17) is 9.68 Å². The van der Waals surface area contributed by atoms with E-state index in [1.54, 1.807) is 0 Å². The van der Waals surface area contributed by atoms with Gasteiger partial charge in [-0.1, -0.05) is 42.5 Å². The number of hydroxylamine groups is 4. The van der Waals surface area contributed by atoms with E-state index in [0.717, 1.165) is 12.0 Å². The standard InChI is InChI=1S/C23H23N3O6/c27-20-18-14-6-7-15(10-14)19(18)21(28)26(20)32-22(29)17-9-8-16-11-24(17)23(30)25(16)31-12-13-4-2-1-3-5-13/h1-7,14-19H,8-12H2/t14-,15+,16-,17+,18?,19?/m1/s1. The molecule has 3 aliphatic heterocycles. The molecule has 0 aromatic heterocycles. The zero-order chi connectivity index (χ0) is 22.0. The molecule has 0 spiro atoms. The predicted octanol–water partition coefficient (Wildman–Crippen LogP) is 1.65. The minimum atomic E-state index is -0.847. The molecule has 0 radical (unpaired) electrons. The topological polar surface area (TPSA) is 96.5 Å². The van der Waals surface area contributed by atoms with Crippen molar-refractivity contribution in [3.63, 3.8) is 0 Å². The highest BCUT2D eigenvalue weighted by molar-refractivity contribution is 6.06. The lowest BCUT2D eigenvalue weighted by molar-refractivity contribution is -0.202. The van der Waals surface area contributed by atoms with Crippen molar-refractivity contribution in [2.75, 3.05) is 6.54 Å². The number of fused-ring (bicyclic) bond motifs is 7. The Bertz CT molecular complexity index is 996. The highest BCUT2D eigenvalue weighted by atomic mass is 16.7. The Hall–Kier alpha value is -3.20. The van der Waals surface area contributed by atoms with E-state index >= 15 is 0 Å². The first kappa shape index (κ1) is 19.5. The van der Waals surface area contributed by atoms with Crippen molar-refractivity contribution in [3.8, 4) is 0 Å². The van der Waals surface area contributed by atoms with E-state index in [0.29, 0.717) is 24.4 Å². The summed E-state index contributed by atoms with van der Waals surface area (Å²) in [6.07, 6.45) is 5.72. The monoisotopic (exact) mass is 437 g/mol. The van der Waals surface area contributed by atoms with Crippen LogP contribution in [0.2, 0.25) is 0 Å². The van der Waals surface area contributed by atoms with Crippen LogP contribution in [-0.2, 0) is 30.7 Å².